The molecule has 1 aliphatic heterocycles. The predicted molar refractivity (Wildman–Crippen MR) is 99.1 cm³/mol. The highest BCUT2D eigenvalue weighted by Crippen LogP contribution is 2.28. The zero-order chi connectivity index (χ0) is 17.9. The number of rotatable bonds is 4. The average Bonchev–Trinajstić information content (AvgIpc) is 3.10. The number of nitrogens with one attached hydrogen (secondary N) is 1. The number of carbonyl (C=O) groups excluding carboxylic acids is 1. The lowest BCUT2D eigenvalue weighted by Gasteiger charge is -2.24. The topological polar surface area (TPSA) is 51.2 Å². The van der Waals surface area contributed by atoms with Crippen molar-refractivity contribution < 1.29 is 13.9 Å². The second kappa shape index (κ2) is 7.25. The molecule has 3 aromatic rings. The van der Waals surface area contributed by atoms with E-state index in [0.29, 0.717) is 24.6 Å². The summed E-state index contributed by atoms with van der Waals surface area (Å²) in [5.41, 5.74) is 2.06. The van der Waals surface area contributed by atoms with Crippen LogP contribution in [0.4, 0.5) is 9.52 Å². The van der Waals surface area contributed by atoms with Crippen LogP contribution in [0.1, 0.15) is 16.0 Å². The van der Waals surface area contributed by atoms with Crippen molar-refractivity contribution in [3.8, 4) is 5.75 Å². The average molecular weight is 368 g/mol. The van der Waals surface area contributed by atoms with Gasteiger partial charge < -0.3 is 10.1 Å². The van der Waals surface area contributed by atoms with E-state index in [4.69, 9.17) is 4.74 Å². The molecule has 1 unspecified atom stereocenters. The van der Waals surface area contributed by atoms with E-state index in [2.05, 4.69) is 10.3 Å². The van der Waals surface area contributed by atoms with Crippen LogP contribution in [-0.2, 0) is 17.6 Å². The lowest BCUT2D eigenvalue weighted by Crippen LogP contribution is -2.32. The molecule has 4 nitrogen and oxygen atoms in total. The summed E-state index contributed by atoms with van der Waals surface area (Å²) in [6.07, 6.45) is 3.07. The third-order valence-electron chi connectivity index (χ3n) is 4.33. The molecule has 1 aliphatic rings. The minimum absolute atomic E-state index is 0.0813. The standard InChI is InChI=1S/C20H17FN2O2S/c21-16-7-5-13(6-8-16)9-17-11-22-20(26-17)23-19(24)15-10-14-3-1-2-4-18(14)25-12-15/h1-8,11,15H,9-10,12H2,(H,22,23,24). The van der Waals surface area contributed by atoms with Gasteiger partial charge in [0, 0.05) is 17.5 Å². The van der Waals surface area contributed by atoms with Crippen LogP contribution in [0.15, 0.2) is 54.7 Å². The number of nitrogens with zero attached hydrogens (tertiary/aromatic N) is 1. The minimum Gasteiger partial charge on any atom is -0.492 e. The highest BCUT2D eigenvalue weighted by Gasteiger charge is 2.26. The largest absolute Gasteiger partial charge is 0.492 e. The molecule has 0 fully saturated rings. The van der Waals surface area contributed by atoms with Gasteiger partial charge in [-0.05, 0) is 35.7 Å². The second-order valence-corrected chi connectivity index (χ2v) is 7.36. The van der Waals surface area contributed by atoms with Gasteiger partial charge in [-0.1, -0.05) is 30.3 Å². The Morgan fingerprint density at radius 1 is 1.23 bits per heavy atom. The number of hydrogen-bond donors (Lipinski definition) is 1. The number of carbonyl (C=O) groups is 1. The fraction of sp³-hybridized carbons (Fsp3) is 0.200. The molecule has 0 saturated heterocycles. The number of thiazole rings is 1. The Balaban J connectivity index is 1.38. The number of fused-ring (bicyclic) bond motifs is 1. The van der Waals surface area contributed by atoms with E-state index in [1.165, 1.54) is 23.5 Å². The molecular weight excluding hydrogens is 351 g/mol. The zero-order valence-corrected chi connectivity index (χ0v) is 14.8. The fourth-order valence-electron chi connectivity index (χ4n) is 2.95. The summed E-state index contributed by atoms with van der Waals surface area (Å²) in [6.45, 7) is 0.372. The summed E-state index contributed by atoms with van der Waals surface area (Å²) in [5.74, 6) is 0.297. The number of anilines is 1. The number of para-hydroxylation sites is 1. The lowest BCUT2D eigenvalue weighted by atomic mass is 9.96. The Labute approximate surface area is 154 Å². The molecule has 132 valence electrons. The Bertz CT molecular complexity index is 924. The number of benzene rings is 2. The maximum atomic E-state index is 13.0. The van der Waals surface area contributed by atoms with Gasteiger partial charge in [-0.15, -0.1) is 11.3 Å². The van der Waals surface area contributed by atoms with E-state index >= 15 is 0 Å². The first-order valence-corrected chi connectivity index (χ1v) is 9.20. The summed E-state index contributed by atoms with van der Waals surface area (Å²) in [4.78, 5) is 17.8. The van der Waals surface area contributed by atoms with Gasteiger partial charge >= 0.3 is 0 Å². The number of ether oxygens (including phenoxy) is 1. The lowest BCUT2D eigenvalue weighted by molar-refractivity contribution is -0.121. The SMILES string of the molecule is O=C(Nc1ncc(Cc2ccc(F)cc2)s1)C1COc2ccccc2C1. The molecule has 0 radical (unpaired) electrons. The Kier molecular flexibility index (Phi) is 4.67. The van der Waals surface area contributed by atoms with Gasteiger partial charge in [0.25, 0.3) is 0 Å². The first-order chi connectivity index (χ1) is 12.7. The molecule has 4 rings (SSSR count). The third kappa shape index (κ3) is 3.75. The van der Waals surface area contributed by atoms with Crippen LogP contribution in [0.5, 0.6) is 5.75 Å². The van der Waals surface area contributed by atoms with Crippen molar-refractivity contribution in [3.05, 3.63) is 76.5 Å². The Hall–Kier alpha value is -2.73. The van der Waals surface area contributed by atoms with E-state index in [-0.39, 0.29) is 17.6 Å². The Morgan fingerprint density at radius 3 is 2.88 bits per heavy atom. The van der Waals surface area contributed by atoms with Gasteiger partial charge in [-0.25, -0.2) is 9.37 Å². The van der Waals surface area contributed by atoms with Crippen LogP contribution in [0.2, 0.25) is 0 Å². The summed E-state index contributed by atoms with van der Waals surface area (Å²) >= 11 is 1.43. The highest BCUT2D eigenvalue weighted by molar-refractivity contribution is 7.15. The van der Waals surface area contributed by atoms with Crippen molar-refractivity contribution in [1.82, 2.24) is 4.98 Å². The molecule has 0 saturated carbocycles. The number of amides is 1. The normalized spacial score (nSPS) is 15.8. The molecule has 2 aromatic carbocycles. The molecule has 1 N–H and O–H groups in total. The highest BCUT2D eigenvalue weighted by atomic mass is 32.1. The maximum absolute atomic E-state index is 13.0. The van der Waals surface area contributed by atoms with Crippen LogP contribution in [0.3, 0.4) is 0 Å². The Morgan fingerprint density at radius 2 is 2.04 bits per heavy atom. The molecule has 0 spiro atoms. The first kappa shape index (κ1) is 16.7. The van der Waals surface area contributed by atoms with E-state index < -0.39 is 0 Å². The smallest absolute Gasteiger partial charge is 0.233 e. The maximum Gasteiger partial charge on any atom is 0.233 e. The van der Waals surface area contributed by atoms with E-state index in [0.717, 1.165) is 21.8 Å². The molecule has 2 heterocycles. The zero-order valence-electron chi connectivity index (χ0n) is 13.9. The second-order valence-electron chi connectivity index (χ2n) is 6.24. The molecule has 0 aliphatic carbocycles. The molecule has 26 heavy (non-hydrogen) atoms. The summed E-state index contributed by atoms with van der Waals surface area (Å²) in [7, 11) is 0. The van der Waals surface area contributed by atoms with Gasteiger partial charge in [0.15, 0.2) is 5.13 Å². The van der Waals surface area contributed by atoms with Crippen molar-refractivity contribution in [3.63, 3.8) is 0 Å². The van der Waals surface area contributed by atoms with Gasteiger partial charge in [0.1, 0.15) is 18.2 Å². The van der Waals surface area contributed by atoms with Crippen LogP contribution < -0.4 is 10.1 Å². The number of hydrogen-bond acceptors (Lipinski definition) is 4. The quantitative estimate of drug-likeness (QED) is 0.755. The van der Waals surface area contributed by atoms with E-state index in [9.17, 15) is 9.18 Å². The van der Waals surface area contributed by atoms with Crippen LogP contribution >= 0.6 is 11.3 Å². The van der Waals surface area contributed by atoms with Crippen molar-refractivity contribution in [2.24, 2.45) is 5.92 Å². The summed E-state index contributed by atoms with van der Waals surface area (Å²) in [5, 5.41) is 3.46. The van der Waals surface area contributed by atoms with Crippen molar-refractivity contribution >= 4 is 22.4 Å². The number of aromatic nitrogens is 1. The third-order valence-corrected chi connectivity index (χ3v) is 5.24. The minimum atomic E-state index is -0.248. The molecule has 1 atom stereocenters. The molecule has 0 bridgehead atoms. The molecular formula is C20H17FN2O2S. The number of halogens is 1. The van der Waals surface area contributed by atoms with Crippen LogP contribution in [0, 0.1) is 11.7 Å². The molecule has 1 amide bonds. The van der Waals surface area contributed by atoms with Crippen molar-refractivity contribution in [2.75, 3.05) is 11.9 Å². The van der Waals surface area contributed by atoms with Crippen LogP contribution in [0.25, 0.3) is 0 Å². The summed E-state index contributed by atoms with van der Waals surface area (Å²) in [6, 6.07) is 14.2. The van der Waals surface area contributed by atoms with Gasteiger partial charge in [-0.2, -0.15) is 0 Å². The van der Waals surface area contributed by atoms with Gasteiger partial charge in [0.05, 0.1) is 5.92 Å². The predicted octanol–water partition coefficient (Wildman–Crippen LogP) is 4.06. The summed E-state index contributed by atoms with van der Waals surface area (Å²) < 4.78 is 18.7. The van der Waals surface area contributed by atoms with Gasteiger partial charge in [-0.3, -0.25) is 4.79 Å². The van der Waals surface area contributed by atoms with Crippen LogP contribution in [-0.4, -0.2) is 17.5 Å². The molecule has 1 aromatic heterocycles. The van der Waals surface area contributed by atoms with E-state index in [1.807, 2.05) is 24.3 Å². The molecule has 6 heteroatoms. The van der Waals surface area contributed by atoms with E-state index in [1.54, 1.807) is 18.3 Å². The fourth-order valence-corrected chi connectivity index (χ4v) is 3.80. The monoisotopic (exact) mass is 368 g/mol. The first-order valence-electron chi connectivity index (χ1n) is 8.38. The van der Waals surface area contributed by atoms with Crippen molar-refractivity contribution in [2.45, 2.75) is 12.8 Å². The van der Waals surface area contributed by atoms with Crippen molar-refractivity contribution in [1.29, 1.82) is 0 Å². The van der Waals surface area contributed by atoms with Gasteiger partial charge in [0.2, 0.25) is 5.91 Å².